The molecule has 26 heavy (non-hydrogen) atoms. The number of hydrogen-bond donors (Lipinski definition) is 0. The summed E-state index contributed by atoms with van der Waals surface area (Å²) in [5.41, 5.74) is 1.46. The van der Waals surface area contributed by atoms with Gasteiger partial charge in [-0.25, -0.2) is 9.37 Å². The predicted molar refractivity (Wildman–Crippen MR) is 90.2 cm³/mol. The van der Waals surface area contributed by atoms with E-state index in [0.717, 1.165) is 0 Å². The largest absolute Gasteiger partial charge is 0.456 e. The fourth-order valence-corrected chi connectivity index (χ4v) is 2.31. The molecule has 3 aromatic heterocycles. The molecule has 0 spiro atoms. The van der Waals surface area contributed by atoms with E-state index < -0.39 is 5.82 Å². The first-order chi connectivity index (χ1) is 12.5. The van der Waals surface area contributed by atoms with Gasteiger partial charge in [0.1, 0.15) is 29.1 Å². The summed E-state index contributed by atoms with van der Waals surface area (Å²) in [5, 5.41) is 8.92. The Morgan fingerprint density at radius 1 is 1.23 bits per heavy atom. The Hall–Kier alpha value is -3.66. The van der Waals surface area contributed by atoms with Gasteiger partial charge < -0.3 is 4.74 Å². The molecule has 0 bridgehead atoms. The molecule has 3 rings (SSSR count). The van der Waals surface area contributed by atoms with Gasteiger partial charge in [-0.15, -0.1) is 0 Å². The summed E-state index contributed by atoms with van der Waals surface area (Å²) in [7, 11) is 0. The van der Waals surface area contributed by atoms with E-state index in [1.54, 1.807) is 19.1 Å². The maximum absolute atomic E-state index is 13.2. The van der Waals surface area contributed by atoms with Crippen molar-refractivity contribution in [2.45, 2.75) is 13.3 Å². The zero-order valence-corrected chi connectivity index (χ0v) is 13.8. The molecule has 0 unspecified atom stereocenters. The van der Waals surface area contributed by atoms with E-state index in [1.807, 2.05) is 6.07 Å². The van der Waals surface area contributed by atoms with Crippen molar-refractivity contribution >= 4 is 5.78 Å². The molecule has 0 saturated heterocycles. The van der Waals surface area contributed by atoms with Crippen molar-refractivity contribution in [2.24, 2.45) is 0 Å². The SMILES string of the molecule is Cc1cc(Oc2cncc(C#N)c2)cc(C(=O)Cc2cc(F)ccn2)n1. The summed E-state index contributed by atoms with van der Waals surface area (Å²) >= 11 is 0. The fourth-order valence-electron chi connectivity index (χ4n) is 2.31. The molecule has 0 saturated carbocycles. The molecule has 0 aliphatic carbocycles. The van der Waals surface area contributed by atoms with Crippen molar-refractivity contribution < 1.29 is 13.9 Å². The lowest BCUT2D eigenvalue weighted by Crippen LogP contribution is -2.08. The molecule has 3 aromatic rings. The summed E-state index contributed by atoms with van der Waals surface area (Å²) in [6.45, 7) is 1.73. The van der Waals surface area contributed by atoms with Crippen LogP contribution in [-0.4, -0.2) is 20.7 Å². The van der Waals surface area contributed by atoms with Crippen LogP contribution in [0.15, 0.2) is 48.9 Å². The number of aromatic nitrogens is 3. The highest BCUT2D eigenvalue weighted by atomic mass is 19.1. The number of ether oxygens (including phenoxy) is 1. The monoisotopic (exact) mass is 348 g/mol. The third kappa shape index (κ3) is 4.24. The Bertz CT molecular complexity index is 1010. The van der Waals surface area contributed by atoms with Gasteiger partial charge in [0, 0.05) is 36.3 Å². The van der Waals surface area contributed by atoms with Crippen molar-refractivity contribution in [3.05, 3.63) is 77.4 Å². The summed E-state index contributed by atoms with van der Waals surface area (Å²) in [4.78, 5) is 24.6. The van der Waals surface area contributed by atoms with Crippen molar-refractivity contribution in [1.29, 1.82) is 5.26 Å². The molecule has 128 valence electrons. The van der Waals surface area contributed by atoms with Gasteiger partial charge in [-0.1, -0.05) is 0 Å². The van der Waals surface area contributed by atoms with Gasteiger partial charge in [-0.3, -0.25) is 14.8 Å². The van der Waals surface area contributed by atoms with E-state index in [4.69, 9.17) is 10.00 Å². The Kier molecular flexibility index (Phi) is 4.94. The standard InChI is InChI=1S/C19H13FN4O2/c1-12-4-16(26-17-5-13(9-21)10-22-11-17)8-18(24-12)19(25)7-15-6-14(20)2-3-23-15/h2-6,8,10-11H,7H2,1H3. The van der Waals surface area contributed by atoms with Crippen molar-refractivity contribution in [3.63, 3.8) is 0 Å². The van der Waals surface area contributed by atoms with E-state index in [0.29, 0.717) is 28.5 Å². The number of nitriles is 1. The van der Waals surface area contributed by atoms with E-state index in [-0.39, 0.29) is 17.9 Å². The molecule has 0 N–H and O–H groups in total. The van der Waals surface area contributed by atoms with Crippen LogP contribution >= 0.6 is 0 Å². The summed E-state index contributed by atoms with van der Waals surface area (Å²) < 4.78 is 18.9. The lowest BCUT2D eigenvalue weighted by molar-refractivity contribution is 0.0986. The zero-order chi connectivity index (χ0) is 18.5. The molecular formula is C19H13FN4O2. The Morgan fingerprint density at radius 3 is 2.85 bits per heavy atom. The van der Waals surface area contributed by atoms with Gasteiger partial charge in [0.15, 0.2) is 5.78 Å². The number of carbonyl (C=O) groups is 1. The quantitative estimate of drug-likeness (QED) is 0.657. The topological polar surface area (TPSA) is 88.8 Å². The van der Waals surface area contributed by atoms with Crippen molar-refractivity contribution in [1.82, 2.24) is 15.0 Å². The van der Waals surface area contributed by atoms with Gasteiger partial charge in [0.25, 0.3) is 0 Å². The first-order valence-corrected chi connectivity index (χ1v) is 7.69. The zero-order valence-electron chi connectivity index (χ0n) is 13.8. The number of halogens is 1. The molecule has 0 atom stereocenters. The maximum atomic E-state index is 13.2. The van der Waals surface area contributed by atoms with Crippen molar-refractivity contribution in [3.8, 4) is 17.6 Å². The van der Waals surface area contributed by atoms with Crippen molar-refractivity contribution in [2.75, 3.05) is 0 Å². The van der Waals surface area contributed by atoms with E-state index in [2.05, 4.69) is 15.0 Å². The van der Waals surface area contributed by atoms with E-state index in [1.165, 1.54) is 36.8 Å². The molecule has 0 amide bonds. The number of Topliss-reactive ketones (excluding diaryl/α,β-unsaturated/α-hetero) is 1. The summed E-state index contributed by atoms with van der Waals surface area (Å²) in [5.74, 6) is 0.0132. The Balaban J connectivity index is 1.82. The van der Waals surface area contributed by atoms with E-state index >= 15 is 0 Å². The lowest BCUT2D eigenvalue weighted by Gasteiger charge is -2.08. The number of hydrogen-bond acceptors (Lipinski definition) is 6. The molecule has 7 heteroatoms. The molecule has 0 radical (unpaired) electrons. The molecule has 3 heterocycles. The number of ketones is 1. The van der Waals surface area contributed by atoms with Crippen LogP contribution in [0.4, 0.5) is 4.39 Å². The van der Waals surface area contributed by atoms with Gasteiger partial charge in [0.2, 0.25) is 0 Å². The second-order valence-electron chi connectivity index (χ2n) is 5.52. The molecule has 0 aliphatic heterocycles. The number of nitrogens with zero attached hydrogens (tertiary/aromatic N) is 4. The van der Waals surface area contributed by atoms with E-state index in [9.17, 15) is 9.18 Å². The van der Waals surface area contributed by atoms with Gasteiger partial charge in [-0.2, -0.15) is 5.26 Å². The van der Waals surface area contributed by atoms with Crippen LogP contribution in [0, 0.1) is 24.1 Å². The minimum Gasteiger partial charge on any atom is -0.456 e. The van der Waals surface area contributed by atoms with Gasteiger partial charge in [-0.05, 0) is 19.1 Å². The van der Waals surface area contributed by atoms with Crippen LogP contribution in [0.2, 0.25) is 0 Å². The smallest absolute Gasteiger partial charge is 0.187 e. The second-order valence-corrected chi connectivity index (χ2v) is 5.52. The summed E-state index contributed by atoms with van der Waals surface area (Å²) in [6, 6.07) is 9.11. The molecule has 0 aliphatic rings. The number of aryl methyl sites for hydroxylation is 1. The summed E-state index contributed by atoms with van der Waals surface area (Å²) in [6.07, 6.45) is 4.13. The number of rotatable bonds is 5. The average molecular weight is 348 g/mol. The first kappa shape index (κ1) is 17.2. The Labute approximate surface area is 148 Å². The molecule has 0 fully saturated rings. The first-order valence-electron chi connectivity index (χ1n) is 7.69. The predicted octanol–water partition coefficient (Wildman–Crippen LogP) is 3.41. The number of pyridine rings is 3. The maximum Gasteiger partial charge on any atom is 0.187 e. The minimum absolute atomic E-state index is 0.0703. The second kappa shape index (κ2) is 7.49. The van der Waals surface area contributed by atoms with Gasteiger partial charge in [0.05, 0.1) is 23.9 Å². The van der Waals surface area contributed by atoms with Crippen LogP contribution in [0.3, 0.4) is 0 Å². The van der Waals surface area contributed by atoms with Crippen LogP contribution in [-0.2, 0) is 6.42 Å². The van der Waals surface area contributed by atoms with Crippen LogP contribution in [0.5, 0.6) is 11.5 Å². The van der Waals surface area contributed by atoms with Crippen LogP contribution in [0.1, 0.15) is 27.4 Å². The lowest BCUT2D eigenvalue weighted by atomic mass is 10.1. The molecular weight excluding hydrogens is 335 g/mol. The normalized spacial score (nSPS) is 10.2. The molecule has 0 aromatic carbocycles. The highest BCUT2D eigenvalue weighted by molar-refractivity contribution is 5.95. The molecule has 6 nitrogen and oxygen atoms in total. The van der Waals surface area contributed by atoms with Crippen LogP contribution in [0.25, 0.3) is 0 Å². The Morgan fingerprint density at radius 2 is 2.08 bits per heavy atom. The minimum atomic E-state index is -0.450. The third-order valence-electron chi connectivity index (χ3n) is 3.41. The fraction of sp³-hybridized carbons (Fsp3) is 0.105. The number of carbonyl (C=O) groups excluding carboxylic acids is 1. The van der Waals surface area contributed by atoms with Crippen LogP contribution < -0.4 is 4.74 Å². The van der Waals surface area contributed by atoms with Gasteiger partial charge >= 0.3 is 0 Å². The average Bonchev–Trinajstić information content (AvgIpc) is 2.61. The highest BCUT2D eigenvalue weighted by Crippen LogP contribution is 2.23. The third-order valence-corrected chi connectivity index (χ3v) is 3.41. The highest BCUT2D eigenvalue weighted by Gasteiger charge is 2.13.